The molecule has 2 heterocycles. The quantitative estimate of drug-likeness (QED) is 0.903. The van der Waals surface area contributed by atoms with Gasteiger partial charge in [0.05, 0.1) is 6.61 Å². The molecular weight excluding hydrogens is 284 g/mol. The first-order valence-electron chi connectivity index (χ1n) is 7.75. The molecule has 2 aliphatic heterocycles. The Morgan fingerprint density at radius 1 is 1.36 bits per heavy atom. The monoisotopic (exact) mass is 306 g/mol. The van der Waals surface area contributed by atoms with Gasteiger partial charge in [-0.1, -0.05) is 6.07 Å². The first-order valence-corrected chi connectivity index (χ1v) is 7.75. The molecule has 1 N–H and O–H groups in total. The third-order valence-corrected chi connectivity index (χ3v) is 4.05. The normalized spacial score (nSPS) is 19.2. The highest BCUT2D eigenvalue weighted by atomic mass is 16.7. The molecule has 0 bridgehead atoms. The summed E-state index contributed by atoms with van der Waals surface area (Å²) in [7, 11) is 0. The second-order valence-corrected chi connectivity index (χ2v) is 5.61. The van der Waals surface area contributed by atoms with Gasteiger partial charge in [-0.25, -0.2) is 4.79 Å². The lowest BCUT2D eigenvalue weighted by Crippen LogP contribution is -2.42. The van der Waals surface area contributed by atoms with Gasteiger partial charge in [0, 0.05) is 32.2 Å². The highest BCUT2D eigenvalue weighted by Gasteiger charge is 2.21. The summed E-state index contributed by atoms with van der Waals surface area (Å²) in [6, 6.07) is 5.68. The van der Waals surface area contributed by atoms with Crippen molar-refractivity contribution in [2.45, 2.75) is 19.9 Å². The van der Waals surface area contributed by atoms with Crippen molar-refractivity contribution in [3.63, 3.8) is 0 Å². The lowest BCUT2D eigenvalue weighted by molar-refractivity contribution is 0.166. The van der Waals surface area contributed by atoms with Crippen LogP contribution in [0.3, 0.4) is 0 Å². The van der Waals surface area contributed by atoms with Crippen LogP contribution in [0.15, 0.2) is 18.2 Å². The van der Waals surface area contributed by atoms with Crippen molar-refractivity contribution in [2.24, 2.45) is 5.92 Å². The van der Waals surface area contributed by atoms with E-state index in [1.165, 1.54) is 0 Å². The van der Waals surface area contributed by atoms with E-state index in [1.54, 1.807) is 0 Å². The van der Waals surface area contributed by atoms with Crippen molar-refractivity contribution in [1.29, 1.82) is 0 Å². The summed E-state index contributed by atoms with van der Waals surface area (Å²) in [5.74, 6) is 1.95. The number of ether oxygens (including phenoxy) is 3. The van der Waals surface area contributed by atoms with E-state index in [1.807, 2.05) is 30.0 Å². The highest BCUT2D eigenvalue weighted by molar-refractivity contribution is 5.74. The Balaban J connectivity index is 1.52. The Morgan fingerprint density at radius 2 is 2.23 bits per heavy atom. The Kier molecular flexibility index (Phi) is 4.68. The van der Waals surface area contributed by atoms with E-state index in [0.29, 0.717) is 19.0 Å². The molecule has 1 fully saturated rings. The van der Waals surface area contributed by atoms with Crippen molar-refractivity contribution in [3.8, 4) is 11.5 Å². The van der Waals surface area contributed by atoms with Crippen LogP contribution in [0.4, 0.5) is 4.79 Å². The molecule has 22 heavy (non-hydrogen) atoms. The topological polar surface area (TPSA) is 60.0 Å². The Morgan fingerprint density at radius 3 is 3.00 bits per heavy atom. The Labute approximate surface area is 130 Å². The molecule has 1 saturated heterocycles. The number of nitrogens with zero attached hydrogens (tertiary/aromatic N) is 1. The first-order chi connectivity index (χ1) is 10.8. The number of carbonyl (C=O) groups excluding carboxylic acids is 1. The SMILES string of the molecule is CCN(C[C@H]1CCOC1)C(=O)NCc1ccc2c(c1)OCO2. The molecular formula is C16H22N2O4. The van der Waals surface area contributed by atoms with Crippen LogP contribution in [-0.4, -0.2) is 44.0 Å². The molecule has 3 rings (SSSR count). The van der Waals surface area contributed by atoms with Gasteiger partial charge in [-0.05, 0) is 31.0 Å². The maximum absolute atomic E-state index is 12.3. The summed E-state index contributed by atoms with van der Waals surface area (Å²) in [6.07, 6.45) is 1.03. The number of hydrogen-bond donors (Lipinski definition) is 1. The number of carbonyl (C=O) groups is 1. The van der Waals surface area contributed by atoms with Crippen LogP contribution in [0.5, 0.6) is 11.5 Å². The van der Waals surface area contributed by atoms with Gasteiger partial charge < -0.3 is 24.4 Å². The molecule has 2 amide bonds. The minimum atomic E-state index is -0.0351. The fourth-order valence-electron chi connectivity index (χ4n) is 2.74. The van der Waals surface area contributed by atoms with Crippen LogP contribution < -0.4 is 14.8 Å². The second-order valence-electron chi connectivity index (χ2n) is 5.61. The summed E-state index contributed by atoms with van der Waals surface area (Å²) < 4.78 is 16.0. The number of hydrogen-bond acceptors (Lipinski definition) is 4. The molecule has 0 spiro atoms. The highest BCUT2D eigenvalue weighted by Crippen LogP contribution is 2.32. The molecule has 0 unspecified atom stereocenters. The standard InChI is InChI=1S/C16H22N2O4/c1-2-18(9-13-5-6-20-10-13)16(19)17-8-12-3-4-14-15(7-12)22-11-21-14/h3-4,7,13H,2,5-6,8-11H2,1H3,(H,17,19)/t13-/m1/s1. The van der Waals surface area contributed by atoms with Crippen molar-refractivity contribution in [2.75, 3.05) is 33.1 Å². The number of rotatable bonds is 5. The van der Waals surface area contributed by atoms with Crippen molar-refractivity contribution < 1.29 is 19.0 Å². The van der Waals surface area contributed by atoms with Gasteiger partial charge in [0.1, 0.15) is 0 Å². The summed E-state index contributed by atoms with van der Waals surface area (Å²) in [4.78, 5) is 14.1. The predicted molar refractivity (Wildman–Crippen MR) is 81.0 cm³/mol. The number of urea groups is 1. The van der Waals surface area contributed by atoms with Gasteiger partial charge in [-0.3, -0.25) is 0 Å². The third kappa shape index (κ3) is 3.44. The lowest BCUT2D eigenvalue weighted by atomic mass is 10.1. The second kappa shape index (κ2) is 6.87. The van der Waals surface area contributed by atoms with Gasteiger partial charge in [-0.15, -0.1) is 0 Å². The van der Waals surface area contributed by atoms with Gasteiger partial charge >= 0.3 is 6.03 Å². The summed E-state index contributed by atoms with van der Waals surface area (Å²) >= 11 is 0. The van der Waals surface area contributed by atoms with Crippen molar-refractivity contribution >= 4 is 6.03 Å². The fourth-order valence-corrected chi connectivity index (χ4v) is 2.74. The Bertz CT molecular complexity index is 529. The van der Waals surface area contributed by atoms with E-state index in [4.69, 9.17) is 14.2 Å². The maximum Gasteiger partial charge on any atom is 0.317 e. The van der Waals surface area contributed by atoms with Crippen LogP contribution in [0.2, 0.25) is 0 Å². The predicted octanol–water partition coefficient (Wildman–Crippen LogP) is 1.98. The zero-order chi connectivity index (χ0) is 15.4. The van der Waals surface area contributed by atoms with Gasteiger partial charge in [-0.2, -0.15) is 0 Å². The molecule has 0 saturated carbocycles. The average Bonchev–Trinajstić information content (AvgIpc) is 3.20. The minimum absolute atomic E-state index is 0.0351. The van der Waals surface area contributed by atoms with E-state index in [-0.39, 0.29) is 12.8 Å². The van der Waals surface area contributed by atoms with Crippen molar-refractivity contribution in [1.82, 2.24) is 10.2 Å². The minimum Gasteiger partial charge on any atom is -0.454 e. The number of fused-ring (bicyclic) bond motifs is 1. The molecule has 1 aromatic carbocycles. The van der Waals surface area contributed by atoms with Crippen LogP contribution in [-0.2, 0) is 11.3 Å². The van der Waals surface area contributed by atoms with E-state index in [0.717, 1.165) is 43.2 Å². The molecule has 1 atom stereocenters. The maximum atomic E-state index is 12.3. The number of amides is 2. The zero-order valence-electron chi connectivity index (χ0n) is 12.8. The molecule has 0 aromatic heterocycles. The Hall–Kier alpha value is -1.95. The molecule has 120 valence electrons. The van der Waals surface area contributed by atoms with E-state index in [9.17, 15) is 4.79 Å². The molecule has 6 nitrogen and oxygen atoms in total. The van der Waals surface area contributed by atoms with E-state index >= 15 is 0 Å². The average molecular weight is 306 g/mol. The molecule has 0 aliphatic carbocycles. The van der Waals surface area contributed by atoms with Gasteiger partial charge in [0.15, 0.2) is 11.5 Å². The molecule has 6 heteroatoms. The van der Waals surface area contributed by atoms with Crippen LogP contribution in [0, 0.1) is 5.92 Å². The summed E-state index contributed by atoms with van der Waals surface area (Å²) in [6.45, 7) is 5.75. The first kappa shape index (κ1) is 15.0. The van der Waals surface area contributed by atoms with Crippen LogP contribution >= 0.6 is 0 Å². The van der Waals surface area contributed by atoms with Gasteiger partial charge in [0.25, 0.3) is 0 Å². The van der Waals surface area contributed by atoms with E-state index < -0.39 is 0 Å². The third-order valence-electron chi connectivity index (χ3n) is 4.05. The molecule has 2 aliphatic rings. The summed E-state index contributed by atoms with van der Waals surface area (Å²) in [5, 5.41) is 2.96. The van der Waals surface area contributed by atoms with Crippen LogP contribution in [0.25, 0.3) is 0 Å². The largest absolute Gasteiger partial charge is 0.454 e. The summed E-state index contributed by atoms with van der Waals surface area (Å²) in [5.41, 5.74) is 0.998. The fraction of sp³-hybridized carbons (Fsp3) is 0.562. The lowest BCUT2D eigenvalue weighted by Gasteiger charge is -2.24. The molecule has 1 aromatic rings. The van der Waals surface area contributed by atoms with Gasteiger partial charge in [0.2, 0.25) is 6.79 Å². The van der Waals surface area contributed by atoms with E-state index in [2.05, 4.69) is 5.32 Å². The molecule has 0 radical (unpaired) electrons. The zero-order valence-corrected chi connectivity index (χ0v) is 12.8. The van der Waals surface area contributed by atoms with Crippen LogP contribution in [0.1, 0.15) is 18.9 Å². The smallest absolute Gasteiger partial charge is 0.317 e. The van der Waals surface area contributed by atoms with Crippen molar-refractivity contribution in [3.05, 3.63) is 23.8 Å². The number of benzene rings is 1. The number of nitrogens with one attached hydrogen (secondary N) is 1.